The Labute approximate surface area is 78.3 Å². The van der Waals surface area contributed by atoms with Gasteiger partial charge in [0.2, 0.25) is 6.04 Å². The van der Waals surface area contributed by atoms with Crippen LogP contribution in [0.4, 0.5) is 0 Å². The molecule has 1 aliphatic rings. The normalized spacial score (nSPS) is 31.3. The van der Waals surface area contributed by atoms with Gasteiger partial charge in [-0.05, 0) is 6.08 Å². The van der Waals surface area contributed by atoms with E-state index in [1.54, 1.807) is 6.08 Å². The minimum Gasteiger partial charge on any atom is -0.264 e. The molecule has 0 aromatic heterocycles. The number of allylic oxidation sites excluding steroid dienone is 2. The molecule has 0 amide bonds. The van der Waals surface area contributed by atoms with Crippen LogP contribution in [0, 0.1) is 21.4 Å². The van der Waals surface area contributed by atoms with Crippen molar-refractivity contribution in [3.63, 3.8) is 0 Å². The van der Waals surface area contributed by atoms with E-state index in [1.807, 2.05) is 39.0 Å². The van der Waals surface area contributed by atoms with Crippen LogP contribution in [0.15, 0.2) is 24.3 Å². The van der Waals surface area contributed by atoms with Gasteiger partial charge >= 0.3 is 0 Å². The van der Waals surface area contributed by atoms with Crippen LogP contribution in [0.25, 0.3) is 0 Å². The lowest BCUT2D eigenvalue weighted by Crippen LogP contribution is -2.23. The molecule has 13 heavy (non-hydrogen) atoms. The fourth-order valence-corrected chi connectivity index (χ4v) is 1.35. The van der Waals surface area contributed by atoms with Crippen LogP contribution >= 0.6 is 0 Å². The third-order valence-corrected chi connectivity index (χ3v) is 2.33. The Morgan fingerprint density at radius 2 is 1.85 bits per heavy atom. The van der Waals surface area contributed by atoms with Crippen LogP contribution in [0.5, 0.6) is 0 Å². The Kier molecular flexibility index (Phi) is 2.55. The number of nitro groups is 1. The Hall–Kier alpha value is -1.12. The molecule has 1 aliphatic carbocycles. The second-order valence-corrected chi connectivity index (χ2v) is 4.17. The summed E-state index contributed by atoms with van der Waals surface area (Å²) in [6, 6.07) is -0.571. The fourth-order valence-electron chi connectivity index (χ4n) is 1.35. The van der Waals surface area contributed by atoms with Crippen LogP contribution in [-0.2, 0) is 0 Å². The summed E-state index contributed by atoms with van der Waals surface area (Å²) in [5.41, 5.74) is -0.0565. The predicted molar refractivity (Wildman–Crippen MR) is 52.0 cm³/mol. The molecule has 0 heterocycles. The monoisotopic (exact) mass is 181 g/mol. The van der Waals surface area contributed by atoms with Gasteiger partial charge < -0.3 is 0 Å². The number of hydrogen-bond donors (Lipinski definition) is 0. The Morgan fingerprint density at radius 1 is 1.31 bits per heavy atom. The van der Waals surface area contributed by atoms with Gasteiger partial charge in [0, 0.05) is 16.3 Å². The molecule has 0 spiro atoms. The van der Waals surface area contributed by atoms with Crippen LogP contribution in [0.2, 0.25) is 0 Å². The largest absolute Gasteiger partial charge is 0.264 e. The lowest BCUT2D eigenvalue weighted by molar-refractivity contribution is -0.515. The average Bonchev–Trinajstić information content (AvgIpc) is 2.11. The lowest BCUT2D eigenvalue weighted by atomic mass is 9.93. The maximum Gasteiger partial charge on any atom is 0.237 e. The highest BCUT2D eigenvalue weighted by atomic mass is 16.6. The molecule has 72 valence electrons. The molecule has 1 rings (SSSR count). The minimum atomic E-state index is -0.571. The quantitative estimate of drug-likeness (QED) is 0.354. The van der Waals surface area contributed by atoms with Crippen LogP contribution in [-0.4, -0.2) is 11.0 Å². The molecule has 0 saturated carbocycles. The Balaban J connectivity index is 2.93. The van der Waals surface area contributed by atoms with Crippen molar-refractivity contribution in [3.8, 4) is 0 Å². The van der Waals surface area contributed by atoms with E-state index in [2.05, 4.69) is 0 Å². The Morgan fingerprint density at radius 3 is 2.38 bits per heavy atom. The first-order valence-corrected chi connectivity index (χ1v) is 4.44. The van der Waals surface area contributed by atoms with Crippen molar-refractivity contribution >= 4 is 0 Å². The molecule has 0 bridgehead atoms. The van der Waals surface area contributed by atoms with Gasteiger partial charge in [-0.15, -0.1) is 0 Å². The van der Waals surface area contributed by atoms with E-state index in [0.29, 0.717) is 0 Å². The molecule has 0 saturated heterocycles. The zero-order chi connectivity index (χ0) is 10.1. The number of hydrogen-bond acceptors (Lipinski definition) is 2. The fraction of sp³-hybridized carbons (Fsp3) is 0.600. The van der Waals surface area contributed by atoms with Crippen molar-refractivity contribution < 1.29 is 4.92 Å². The van der Waals surface area contributed by atoms with Gasteiger partial charge in [0.05, 0.1) is 0 Å². The zero-order valence-electron chi connectivity index (χ0n) is 8.23. The maximum atomic E-state index is 10.6. The third kappa shape index (κ3) is 2.41. The molecular weight excluding hydrogens is 166 g/mol. The van der Waals surface area contributed by atoms with E-state index < -0.39 is 6.04 Å². The summed E-state index contributed by atoms with van der Waals surface area (Å²) in [6.07, 6.45) is 7.55. The average molecular weight is 181 g/mol. The van der Waals surface area contributed by atoms with Crippen LogP contribution in [0.3, 0.4) is 0 Å². The molecule has 3 nitrogen and oxygen atoms in total. The molecule has 0 aromatic carbocycles. The van der Waals surface area contributed by atoms with E-state index in [-0.39, 0.29) is 16.3 Å². The van der Waals surface area contributed by atoms with Crippen molar-refractivity contribution in [2.75, 3.05) is 0 Å². The summed E-state index contributed by atoms with van der Waals surface area (Å²) in [7, 11) is 0. The van der Waals surface area contributed by atoms with Crippen LogP contribution < -0.4 is 0 Å². The van der Waals surface area contributed by atoms with Gasteiger partial charge in [0.25, 0.3) is 0 Å². The SMILES string of the molecule is CC1C=CC(C)(C)C=CC1[N+](=O)[O-]. The molecule has 0 fully saturated rings. The van der Waals surface area contributed by atoms with E-state index >= 15 is 0 Å². The highest BCUT2D eigenvalue weighted by Crippen LogP contribution is 2.25. The third-order valence-electron chi connectivity index (χ3n) is 2.33. The first-order chi connectivity index (χ1) is 5.92. The van der Waals surface area contributed by atoms with Gasteiger partial charge in [-0.3, -0.25) is 10.1 Å². The molecule has 3 heteroatoms. The van der Waals surface area contributed by atoms with E-state index in [9.17, 15) is 10.1 Å². The molecule has 0 aromatic rings. The predicted octanol–water partition coefficient (Wildman–Crippen LogP) is 2.42. The van der Waals surface area contributed by atoms with Gasteiger partial charge in [-0.1, -0.05) is 39.0 Å². The van der Waals surface area contributed by atoms with Gasteiger partial charge in [-0.25, -0.2) is 0 Å². The molecule has 0 radical (unpaired) electrons. The summed E-state index contributed by atoms with van der Waals surface area (Å²) >= 11 is 0. The molecule has 0 N–H and O–H groups in total. The summed E-state index contributed by atoms with van der Waals surface area (Å²) < 4.78 is 0. The summed E-state index contributed by atoms with van der Waals surface area (Å²) in [5.74, 6) is -0.0203. The van der Waals surface area contributed by atoms with E-state index in [4.69, 9.17) is 0 Å². The van der Waals surface area contributed by atoms with E-state index in [1.165, 1.54) is 0 Å². The highest BCUT2D eigenvalue weighted by molar-refractivity contribution is 5.15. The molecule has 0 aliphatic heterocycles. The molecular formula is C10H15NO2. The van der Waals surface area contributed by atoms with Crippen molar-refractivity contribution in [1.29, 1.82) is 0 Å². The summed E-state index contributed by atoms with van der Waals surface area (Å²) in [5, 5.41) is 10.6. The number of nitrogens with zero attached hydrogens (tertiary/aromatic N) is 1. The van der Waals surface area contributed by atoms with Gasteiger partial charge in [-0.2, -0.15) is 0 Å². The van der Waals surface area contributed by atoms with Crippen molar-refractivity contribution in [3.05, 3.63) is 34.4 Å². The topological polar surface area (TPSA) is 43.1 Å². The highest BCUT2D eigenvalue weighted by Gasteiger charge is 2.26. The minimum absolute atomic E-state index is 0.0203. The van der Waals surface area contributed by atoms with Crippen molar-refractivity contribution in [1.82, 2.24) is 0 Å². The lowest BCUT2D eigenvalue weighted by Gasteiger charge is -2.11. The summed E-state index contributed by atoms with van der Waals surface area (Å²) in [4.78, 5) is 10.4. The van der Waals surface area contributed by atoms with Gasteiger partial charge in [0.15, 0.2) is 0 Å². The molecule has 2 unspecified atom stereocenters. The second-order valence-electron chi connectivity index (χ2n) is 4.17. The molecule has 2 atom stereocenters. The van der Waals surface area contributed by atoms with Crippen molar-refractivity contribution in [2.24, 2.45) is 11.3 Å². The second kappa shape index (κ2) is 3.32. The first-order valence-electron chi connectivity index (χ1n) is 4.44. The number of rotatable bonds is 1. The Bertz CT molecular complexity index is 266. The standard InChI is InChI=1S/C10H15NO2/c1-8-4-6-10(2,3)7-5-9(8)11(12)13/h4-9H,1-3H3. The first kappa shape index (κ1) is 9.96. The van der Waals surface area contributed by atoms with Crippen molar-refractivity contribution in [2.45, 2.75) is 26.8 Å². The smallest absolute Gasteiger partial charge is 0.237 e. The zero-order valence-corrected chi connectivity index (χ0v) is 8.23. The van der Waals surface area contributed by atoms with Crippen LogP contribution in [0.1, 0.15) is 20.8 Å². The maximum absolute atomic E-state index is 10.6. The van der Waals surface area contributed by atoms with Gasteiger partial charge in [0.1, 0.15) is 0 Å². The summed E-state index contributed by atoms with van der Waals surface area (Å²) in [6.45, 7) is 5.94. The van der Waals surface area contributed by atoms with E-state index in [0.717, 1.165) is 0 Å².